The van der Waals surface area contributed by atoms with E-state index in [2.05, 4.69) is 37.9 Å². The van der Waals surface area contributed by atoms with E-state index in [-0.39, 0.29) is 5.91 Å². The molecule has 0 atom stereocenters. The Kier molecular flexibility index (Phi) is 4.19. The van der Waals surface area contributed by atoms with Crippen LogP contribution in [0.4, 0.5) is 5.69 Å². The van der Waals surface area contributed by atoms with Crippen molar-refractivity contribution in [1.29, 1.82) is 0 Å². The van der Waals surface area contributed by atoms with E-state index in [0.29, 0.717) is 28.2 Å². The van der Waals surface area contributed by atoms with Crippen molar-refractivity contribution in [2.24, 2.45) is 0 Å². The molecule has 4 aromatic rings. The van der Waals surface area contributed by atoms with Crippen molar-refractivity contribution in [3.05, 3.63) is 76.1 Å². The fourth-order valence-corrected chi connectivity index (χ4v) is 3.00. The standard InChI is InChI=1S/C19H12IN3O2/c20-14-3-1-2-13(10-14)18(24)22-15-4-5-17-16(11-15)23-19(25-17)12-6-8-21-9-7-12/h1-11H,(H,22,24). The third kappa shape index (κ3) is 3.39. The Morgan fingerprint density at radius 3 is 2.68 bits per heavy atom. The number of fused-ring (bicyclic) bond motifs is 1. The van der Waals surface area contributed by atoms with Crippen LogP contribution in [0.2, 0.25) is 0 Å². The molecular formula is C19H12IN3O2. The fraction of sp³-hybridized carbons (Fsp3) is 0. The second kappa shape index (κ2) is 6.64. The van der Waals surface area contributed by atoms with E-state index in [1.165, 1.54) is 0 Å². The molecule has 5 nitrogen and oxygen atoms in total. The maximum absolute atomic E-state index is 12.4. The van der Waals surface area contributed by atoms with Crippen LogP contribution in [-0.2, 0) is 0 Å². The van der Waals surface area contributed by atoms with Crippen molar-refractivity contribution >= 4 is 45.3 Å². The Labute approximate surface area is 157 Å². The van der Waals surface area contributed by atoms with E-state index in [0.717, 1.165) is 9.13 Å². The summed E-state index contributed by atoms with van der Waals surface area (Å²) in [6.45, 7) is 0. The molecule has 2 heterocycles. The van der Waals surface area contributed by atoms with Gasteiger partial charge in [-0.3, -0.25) is 9.78 Å². The average molecular weight is 441 g/mol. The molecule has 0 saturated heterocycles. The van der Waals surface area contributed by atoms with Crippen molar-refractivity contribution in [2.45, 2.75) is 0 Å². The number of rotatable bonds is 3. The molecule has 0 aliphatic heterocycles. The van der Waals surface area contributed by atoms with Crippen LogP contribution < -0.4 is 5.32 Å². The maximum Gasteiger partial charge on any atom is 0.255 e. The minimum atomic E-state index is -0.157. The summed E-state index contributed by atoms with van der Waals surface area (Å²) in [5.41, 5.74) is 3.50. The van der Waals surface area contributed by atoms with Crippen LogP contribution in [0, 0.1) is 3.57 Å². The summed E-state index contributed by atoms with van der Waals surface area (Å²) < 4.78 is 6.77. The summed E-state index contributed by atoms with van der Waals surface area (Å²) in [5.74, 6) is 0.370. The highest BCUT2D eigenvalue weighted by Crippen LogP contribution is 2.26. The number of hydrogen-bond acceptors (Lipinski definition) is 4. The molecule has 0 bridgehead atoms. The lowest BCUT2D eigenvalue weighted by Crippen LogP contribution is -2.11. The normalized spacial score (nSPS) is 10.8. The minimum Gasteiger partial charge on any atom is -0.436 e. The first kappa shape index (κ1) is 15.8. The number of hydrogen-bond donors (Lipinski definition) is 1. The van der Waals surface area contributed by atoms with Gasteiger partial charge in [-0.1, -0.05) is 6.07 Å². The number of carbonyl (C=O) groups is 1. The van der Waals surface area contributed by atoms with E-state index < -0.39 is 0 Å². The first-order valence-electron chi connectivity index (χ1n) is 7.57. The molecule has 1 N–H and O–H groups in total. The molecule has 122 valence electrons. The lowest BCUT2D eigenvalue weighted by atomic mass is 10.2. The zero-order chi connectivity index (χ0) is 17.2. The number of nitrogens with one attached hydrogen (secondary N) is 1. The second-order valence-electron chi connectivity index (χ2n) is 5.40. The van der Waals surface area contributed by atoms with E-state index in [1.807, 2.05) is 30.3 Å². The molecule has 0 spiro atoms. The van der Waals surface area contributed by atoms with Crippen LogP contribution in [0.1, 0.15) is 10.4 Å². The second-order valence-corrected chi connectivity index (χ2v) is 6.65. The molecule has 2 aromatic heterocycles. The molecule has 0 saturated carbocycles. The first-order valence-corrected chi connectivity index (χ1v) is 8.65. The highest BCUT2D eigenvalue weighted by Gasteiger charge is 2.11. The van der Waals surface area contributed by atoms with Gasteiger partial charge in [-0.2, -0.15) is 0 Å². The van der Waals surface area contributed by atoms with E-state index in [1.54, 1.807) is 36.7 Å². The Morgan fingerprint density at radius 2 is 1.88 bits per heavy atom. The molecule has 2 aromatic carbocycles. The summed E-state index contributed by atoms with van der Waals surface area (Å²) in [6.07, 6.45) is 3.38. The van der Waals surface area contributed by atoms with Crippen molar-refractivity contribution in [2.75, 3.05) is 5.32 Å². The Hall–Kier alpha value is -2.74. The van der Waals surface area contributed by atoms with E-state index in [9.17, 15) is 4.79 Å². The van der Waals surface area contributed by atoms with Gasteiger partial charge in [0.2, 0.25) is 5.89 Å². The fourth-order valence-electron chi connectivity index (χ4n) is 2.46. The number of nitrogens with zero attached hydrogens (tertiary/aromatic N) is 2. The van der Waals surface area contributed by atoms with Crippen LogP contribution in [0.25, 0.3) is 22.6 Å². The van der Waals surface area contributed by atoms with Crippen LogP contribution in [0.5, 0.6) is 0 Å². The van der Waals surface area contributed by atoms with Crippen molar-refractivity contribution in [1.82, 2.24) is 9.97 Å². The summed E-state index contributed by atoms with van der Waals surface area (Å²) in [7, 11) is 0. The number of oxazole rings is 1. The van der Waals surface area contributed by atoms with Gasteiger partial charge < -0.3 is 9.73 Å². The number of carbonyl (C=O) groups excluding carboxylic acids is 1. The molecule has 25 heavy (non-hydrogen) atoms. The lowest BCUT2D eigenvalue weighted by molar-refractivity contribution is 0.102. The Bertz CT molecular complexity index is 1060. The van der Waals surface area contributed by atoms with Crippen LogP contribution >= 0.6 is 22.6 Å². The quantitative estimate of drug-likeness (QED) is 0.466. The van der Waals surface area contributed by atoms with Crippen molar-refractivity contribution < 1.29 is 9.21 Å². The third-order valence-corrected chi connectivity index (χ3v) is 4.33. The SMILES string of the molecule is O=C(Nc1ccc2oc(-c3ccncc3)nc2c1)c1cccc(I)c1. The van der Waals surface area contributed by atoms with Gasteiger partial charge in [0.1, 0.15) is 5.52 Å². The van der Waals surface area contributed by atoms with Gasteiger partial charge in [0.05, 0.1) is 0 Å². The zero-order valence-corrected chi connectivity index (χ0v) is 15.1. The Balaban J connectivity index is 1.62. The summed E-state index contributed by atoms with van der Waals surface area (Å²) >= 11 is 2.18. The molecular weight excluding hydrogens is 429 g/mol. The van der Waals surface area contributed by atoms with Crippen LogP contribution in [0.3, 0.4) is 0 Å². The molecule has 0 aliphatic rings. The molecule has 1 amide bonds. The molecule has 0 fully saturated rings. The van der Waals surface area contributed by atoms with Crippen LogP contribution in [0.15, 0.2) is 71.4 Å². The number of halogens is 1. The number of benzene rings is 2. The highest BCUT2D eigenvalue weighted by atomic mass is 127. The number of pyridine rings is 1. The van der Waals surface area contributed by atoms with Crippen molar-refractivity contribution in [3.63, 3.8) is 0 Å². The molecule has 0 aliphatic carbocycles. The average Bonchev–Trinajstić information content (AvgIpc) is 3.06. The van der Waals surface area contributed by atoms with Gasteiger partial charge in [-0.25, -0.2) is 4.98 Å². The highest BCUT2D eigenvalue weighted by molar-refractivity contribution is 14.1. The van der Waals surface area contributed by atoms with Gasteiger partial charge in [-0.05, 0) is 71.1 Å². The van der Waals surface area contributed by atoms with E-state index in [4.69, 9.17) is 4.42 Å². The number of amides is 1. The predicted molar refractivity (Wildman–Crippen MR) is 104 cm³/mol. The summed E-state index contributed by atoms with van der Waals surface area (Å²) in [4.78, 5) is 20.8. The largest absolute Gasteiger partial charge is 0.436 e. The van der Waals surface area contributed by atoms with Gasteiger partial charge in [0.15, 0.2) is 5.58 Å². The minimum absolute atomic E-state index is 0.157. The smallest absolute Gasteiger partial charge is 0.255 e. The van der Waals surface area contributed by atoms with Crippen molar-refractivity contribution in [3.8, 4) is 11.5 Å². The maximum atomic E-state index is 12.4. The Morgan fingerprint density at radius 1 is 1.04 bits per heavy atom. The molecule has 0 radical (unpaired) electrons. The summed E-state index contributed by atoms with van der Waals surface area (Å²) in [6, 6.07) is 16.5. The first-order chi connectivity index (χ1) is 12.2. The van der Waals surface area contributed by atoms with Gasteiger partial charge in [0.25, 0.3) is 5.91 Å². The lowest BCUT2D eigenvalue weighted by Gasteiger charge is -2.05. The molecule has 6 heteroatoms. The van der Waals surface area contributed by atoms with Gasteiger partial charge >= 0.3 is 0 Å². The monoisotopic (exact) mass is 441 g/mol. The third-order valence-electron chi connectivity index (χ3n) is 3.66. The number of aromatic nitrogens is 2. The molecule has 4 rings (SSSR count). The van der Waals surface area contributed by atoms with E-state index >= 15 is 0 Å². The van der Waals surface area contributed by atoms with Crippen LogP contribution in [-0.4, -0.2) is 15.9 Å². The zero-order valence-electron chi connectivity index (χ0n) is 12.9. The predicted octanol–water partition coefficient (Wildman–Crippen LogP) is 4.75. The summed E-state index contributed by atoms with van der Waals surface area (Å²) in [5, 5.41) is 2.89. The van der Waals surface area contributed by atoms with Gasteiger partial charge in [-0.15, -0.1) is 0 Å². The molecule has 0 unspecified atom stereocenters. The number of anilines is 1. The van der Waals surface area contributed by atoms with Gasteiger partial charge in [0, 0.05) is 32.8 Å². The topological polar surface area (TPSA) is 68.0 Å².